The summed E-state index contributed by atoms with van der Waals surface area (Å²) >= 11 is 0. The first-order chi connectivity index (χ1) is 6.65. The molecule has 4 nitrogen and oxygen atoms in total. The van der Waals surface area contributed by atoms with Crippen LogP contribution in [-0.4, -0.2) is 21.2 Å². The molecule has 3 N–H and O–H groups in total. The largest absolute Gasteiger partial charge is 0.508 e. The molecule has 2 rings (SSSR count). The third-order valence-electron chi connectivity index (χ3n) is 2.00. The van der Waals surface area contributed by atoms with E-state index in [1.807, 2.05) is 0 Å². The number of nitrogens with one attached hydrogen (secondary N) is 1. The molecule has 1 heterocycles. The number of carboxylic acids is 1. The van der Waals surface area contributed by atoms with Gasteiger partial charge in [-0.1, -0.05) is 0 Å². The van der Waals surface area contributed by atoms with Gasteiger partial charge in [-0.3, -0.25) is 4.79 Å². The average molecular weight is 191 g/mol. The van der Waals surface area contributed by atoms with E-state index in [4.69, 9.17) is 5.11 Å². The van der Waals surface area contributed by atoms with Gasteiger partial charge in [0.05, 0.1) is 6.42 Å². The predicted octanol–water partition coefficient (Wildman–Crippen LogP) is 1.50. The molecule has 0 unspecified atom stereocenters. The number of carboxylic acid groups (broad SMARTS) is 1. The highest BCUT2D eigenvalue weighted by atomic mass is 16.4. The summed E-state index contributed by atoms with van der Waals surface area (Å²) in [6, 6.07) is 6.65. The van der Waals surface area contributed by atoms with E-state index in [2.05, 4.69) is 4.98 Å². The lowest BCUT2D eigenvalue weighted by Gasteiger charge is -1.90. The van der Waals surface area contributed by atoms with Crippen LogP contribution in [0.3, 0.4) is 0 Å². The topological polar surface area (TPSA) is 73.3 Å². The van der Waals surface area contributed by atoms with E-state index >= 15 is 0 Å². The highest BCUT2D eigenvalue weighted by molar-refractivity contribution is 5.83. The van der Waals surface area contributed by atoms with E-state index in [0.717, 1.165) is 10.9 Å². The van der Waals surface area contributed by atoms with Gasteiger partial charge in [0.15, 0.2) is 0 Å². The molecule has 0 atom stereocenters. The summed E-state index contributed by atoms with van der Waals surface area (Å²) in [6.45, 7) is 0. The molecule has 0 aliphatic rings. The van der Waals surface area contributed by atoms with Gasteiger partial charge < -0.3 is 15.2 Å². The number of aromatic nitrogens is 1. The van der Waals surface area contributed by atoms with Crippen molar-refractivity contribution in [1.29, 1.82) is 0 Å². The van der Waals surface area contributed by atoms with Gasteiger partial charge in [0.25, 0.3) is 0 Å². The Kier molecular flexibility index (Phi) is 1.89. The van der Waals surface area contributed by atoms with Gasteiger partial charge in [-0.2, -0.15) is 0 Å². The van der Waals surface area contributed by atoms with Crippen LogP contribution in [-0.2, 0) is 11.2 Å². The number of carbonyl (C=O) groups is 1. The number of aliphatic carboxylic acids is 1. The zero-order valence-corrected chi connectivity index (χ0v) is 7.32. The maximum absolute atomic E-state index is 10.4. The Bertz CT molecular complexity index is 487. The number of hydrogen-bond acceptors (Lipinski definition) is 2. The van der Waals surface area contributed by atoms with Gasteiger partial charge in [-0.05, 0) is 23.6 Å². The third-order valence-corrected chi connectivity index (χ3v) is 2.00. The van der Waals surface area contributed by atoms with Crippen molar-refractivity contribution in [2.75, 3.05) is 0 Å². The number of H-pyrrole nitrogens is 1. The third kappa shape index (κ3) is 1.54. The zero-order chi connectivity index (χ0) is 10.1. The minimum absolute atomic E-state index is 0.0323. The fourth-order valence-electron chi connectivity index (χ4n) is 1.43. The lowest BCUT2D eigenvalue weighted by atomic mass is 10.2. The first-order valence-electron chi connectivity index (χ1n) is 4.17. The number of hydrogen-bond donors (Lipinski definition) is 3. The smallest absolute Gasteiger partial charge is 0.309 e. The molecule has 0 radical (unpaired) electrons. The van der Waals surface area contributed by atoms with Crippen LogP contribution in [0.25, 0.3) is 10.9 Å². The van der Waals surface area contributed by atoms with Crippen molar-refractivity contribution >= 4 is 16.9 Å². The molecule has 14 heavy (non-hydrogen) atoms. The van der Waals surface area contributed by atoms with E-state index in [1.54, 1.807) is 24.3 Å². The predicted molar refractivity (Wildman–Crippen MR) is 51.3 cm³/mol. The van der Waals surface area contributed by atoms with Crippen molar-refractivity contribution in [3.8, 4) is 5.75 Å². The SMILES string of the molecule is O=C(O)Cc1cc2ccc(O)cc2[nH]1. The van der Waals surface area contributed by atoms with Gasteiger partial charge in [-0.25, -0.2) is 0 Å². The van der Waals surface area contributed by atoms with E-state index in [9.17, 15) is 9.90 Å². The number of phenols is 1. The fourth-order valence-corrected chi connectivity index (χ4v) is 1.43. The van der Waals surface area contributed by atoms with Crippen LogP contribution in [0.5, 0.6) is 5.75 Å². The molecule has 1 aromatic carbocycles. The van der Waals surface area contributed by atoms with Crippen LogP contribution >= 0.6 is 0 Å². The monoisotopic (exact) mass is 191 g/mol. The van der Waals surface area contributed by atoms with Crippen molar-refractivity contribution in [2.24, 2.45) is 0 Å². The van der Waals surface area contributed by atoms with Crippen molar-refractivity contribution in [3.05, 3.63) is 30.0 Å². The van der Waals surface area contributed by atoms with Gasteiger partial charge in [0.2, 0.25) is 0 Å². The Balaban J connectivity index is 2.46. The van der Waals surface area contributed by atoms with Crippen LogP contribution in [0.1, 0.15) is 5.69 Å². The number of aromatic amines is 1. The molecule has 2 aromatic rings. The molecular weight excluding hydrogens is 182 g/mol. The van der Waals surface area contributed by atoms with Crippen molar-refractivity contribution < 1.29 is 15.0 Å². The minimum atomic E-state index is -0.874. The maximum Gasteiger partial charge on any atom is 0.309 e. The van der Waals surface area contributed by atoms with Crippen LogP contribution in [0.15, 0.2) is 24.3 Å². The summed E-state index contributed by atoms with van der Waals surface area (Å²) in [4.78, 5) is 13.4. The summed E-state index contributed by atoms with van der Waals surface area (Å²) in [6.07, 6.45) is -0.0323. The molecule has 0 aliphatic heterocycles. The Morgan fingerprint density at radius 2 is 2.14 bits per heavy atom. The quantitative estimate of drug-likeness (QED) is 0.673. The fraction of sp³-hybridized carbons (Fsp3) is 0.100. The molecular formula is C10H9NO3. The van der Waals surface area contributed by atoms with Crippen LogP contribution < -0.4 is 0 Å². The second-order valence-corrected chi connectivity index (χ2v) is 3.14. The number of fused-ring (bicyclic) bond motifs is 1. The van der Waals surface area contributed by atoms with E-state index < -0.39 is 5.97 Å². The van der Waals surface area contributed by atoms with Crippen molar-refractivity contribution in [1.82, 2.24) is 4.98 Å². The summed E-state index contributed by atoms with van der Waals surface area (Å²) in [5.74, 6) is -0.706. The van der Waals surface area contributed by atoms with E-state index in [-0.39, 0.29) is 12.2 Å². The normalized spacial score (nSPS) is 10.6. The van der Waals surface area contributed by atoms with Gasteiger partial charge in [0.1, 0.15) is 5.75 Å². The molecule has 1 aromatic heterocycles. The Labute approximate surface area is 79.8 Å². The van der Waals surface area contributed by atoms with E-state index in [1.165, 1.54) is 0 Å². The molecule has 4 heteroatoms. The van der Waals surface area contributed by atoms with Gasteiger partial charge in [0, 0.05) is 17.3 Å². The summed E-state index contributed by atoms with van der Waals surface area (Å²) < 4.78 is 0. The molecule has 0 spiro atoms. The molecule has 0 aliphatic carbocycles. The van der Waals surface area contributed by atoms with Crippen LogP contribution in [0.2, 0.25) is 0 Å². The van der Waals surface area contributed by atoms with Gasteiger partial charge in [-0.15, -0.1) is 0 Å². The number of rotatable bonds is 2. The molecule has 72 valence electrons. The molecule has 0 saturated carbocycles. The first-order valence-corrected chi connectivity index (χ1v) is 4.17. The Morgan fingerprint density at radius 3 is 2.86 bits per heavy atom. The Hall–Kier alpha value is -1.97. The molecule has 0 fully saturated rings. The van der Waals surface area contributed by atoms with Crippen LogP contribution in [0, 0.1) is 0 Å². The second kappa shape index (κ2) is 3.06. The maximum atomic E-state index is 10.4. The molecule has 0 bridgehead atoms. The second-order valence-electron chi connectivity index (χ2n) is 3.14. The minimum Gasteiger partial charge on any atom is -0.508 e. The van der Waals surface area contributed by atoms with Gasteiger partial charge >= 0.3 is 5.97 Å². The summed E-state index contributed by atoms with van der Waals surface area (Å²) in [7, 11) is 0. The lowest BCUT2D eigenvalue weighted by Crippen LogP contribution is -1.99. The van der Waals surface area contributed by atoms with Crippen LogP contribution in [0.4, 0.5) is 0 Å². The van der Waals surface area contributed by atoms with Crippen molar-refractivity contribution in [2.45, 2.75) is 6.42 Å². The zero-order valence-electron chi connectivity index (χ0n) is 7.32. The standard InChI is InChI=1S/C10H9NO3/c12-8-2-1-6-3-7(4-10(13)14)11-9(6)5-8/h1-3,5,11-12H,4H2,(H,13,14). The highest BCUT2D eigenvalue weighted by Crippen LogP contribution is 2.20. The van der Waals surface area contributed by atoms with Crippen molar-refractivity contribution in [3.63, 3.8) is 0 Å². The first kappa shape index (κ1) is 8.62. The highest BCUT2D eigenvalue weighted by Gasteiger charge is 2.04. The number of aromatic hydroxyl groups is 1. The summed E-state index contributed by atoms with van der Waals surface area (Å²) in [5.41, 5.74) is 1.39. The lowest BCUT2D eigenvalue weighted by molar-refractivity contribution is -0.136. The van der Waals surface area contributed by atoms with E-state index in [0.29, 0.717) is 5.69 Å². The summed E-state index contributed by atoms with van der Waals surface area (Å²) in [5, 5.41) is 18.7. The number of benzene rings is 1. The average Bonchev–Trinajstić information content (AvgIpc) is 2.44. The molecule has 0 saturated heterocycles. The number of phenolic OH excluding ortho intramolecular Hbond substituents is 1. The Morgan fingerprint density at radius 1 is 1.36 bits per heavy atom. The molecule has 0 amide bonds.